The molecule has 0 saturated heterocycles. The molecule has 0 N–H and O–H groups in total. The Kier molecular flexibility index (Phi) is 2.02. The predicted octanol–water partition coefficient (Wildman–Crippen LogP) is 1.73. The second kappa shape index (κ2) is 3.18. The zero-order valence-corrected chi connectivity index (χ0v) is 7.53. The highest BCUT2D eigenvalue weighted by atomic mass is 35.5. The summed E-state index contributed by atoms with van der Waals surface area (Å²) in [5, 5.41) is 0.655. The van der Waals surface area contributed by atoms with Gasteiger partial charge in [-0.25, -0.2) is 4.98 Å². The van der Waals surface area contributed by atoms with Gasteiger partial charge >= 0.3 is 0 Å². The quantitative estimate of drug-likeness (QED) is 0.683. The summed E-state index contributed by atoms with van der Waals surface area (Å²) in [5.74, 6) is 0. The Balaban J connectivity index is 2.55. The van der Waals surface area contributed by atoms with Crippen molar-refractivity contribution >= 4 is 23.5 Å². The van der Waals surface area contributed by atoms with Crippen molar-refractivity contribution in [2.45, 2.75) is 6.42 Å². The number of hydrogen-bond acceptors (Lipinski definition) is 2. The van der Waals surface area contributed by atoms with Crippen LogP contribution in [-0.4, -0.2) is 15.7 Å². The summed E-state index contributed by atoms with van der Waals surface area (Å²) in [6.45, 7) is 0. The number of imidazole rings is 1. The number of pyridine rings is 1. The van der Waals surface area contributed by atoms with E-state index < -0.39 is 0 Å². The van der Waals surface area contributed by atoms with Gasteiger partial charge in [-0.05, 0) is 12.1 Å². The van der Waals surface area contributed by atoms with Gasteiger partial charge in [0, 0.05) is 18.8 Å². The molecule has 2 aromatic rings. The van der Waals surface area contributed by atoms with Gasteiger partial charge in [0.25, 0.3) is 0 Å². The number of hydrogen-bond donors (Lipinski definition) is 0. The molecule has 66 valence electrons. The lowest BCUT2D eigenvalue weighted by atomic mass is 10.4. The summed E-state index contributed by atoms with van der Waals surface area (Å²) in [4.78, 5) is 14.5. The van der Waals surface area contributed by atoms with E-state index in [1.807, 2.05) is 6.07 Å². The van der Waals surface area contributed by atoms with Gasteiger partial charge in [-0.1, -0.05) is 11.6 Å². The number of aromatic nitrogens is 2. The maximum Gasteiger partial charge on any atom is 0.137 e. The highest BCUT2D eigenvalue weighted by molar-refractivity contribution is 6.30. The molecule has 0 bridgehead atoms. The highest BCUT2D eigenvalue weighted by Crippen LogP contribution is 2.11. The smallest absolute Gasteiger partial charge is 0.137 e. The molecule has 4 heteroatoms. The molecular formula is C9H7ClN2O. The minimum absolute atomic E-state index is 0.347. The van der Waals surface area contributed by atoms with Gasteiger partial charge in [0.05, 0.1) is 10.7 Å². The molecule has 0 unspecified atom stereocenters. The summed E-state index contributed by atoms with van der Waals surface area (Å²) in [6, 6.07) is 3.59. The van der Waals surface area contributed by atoms with E-state index in [0.29, 0.717) is 11.4 Å². The first-order chi connectivity index (χ1) is 6.29. The molecular weight excluding hydrogens is 188 g/mol. The van der Waals surface area contributed by atoms with E-state index in [2.05, 4.69) is 4.98 Å². The lowest BCUT2D eigenvalue weighted by Crippen LogP contribution is -1.83. The van der Waals surface area contributed by atoms with Crippen LogP contribution in [0.25, 0.3) is 5.65 Å². The molecule has 0 aliphatic heterocycles. The molecule has 2 heterocycles. The molecule has 0 aliphatic carbocycles. The van der Waals surface area contributed by atoms with Crippen LogP contribution in [0.1, 0.15) is 5.69 Å². The van der Waals surface area contributed by atoms with Crippen molar-refractivity contribution in [1.82, 2.24) is 9.38 Å². The van der Waals surface area contributed by atoms with Gasteiger partial charge in [-0.2, -0.15) is 0 Å². The van der Waals surface area contributed by atoms with Crippen LogP contribution < -0.4 is 0 Å². The van der Waals surface area contributed by atoms with Gasteiger partial charge in [0.2, 0.25) is 0 Å². The molecule has 0 radical (unpaired) electrons. The fraction of sp³-hybridized carbons (Fsp3) is 0.111. The summed E-state index contributed by atoms with van der Waals surface area (Å²) in [5.41, 5.74) is 1.57. The van der Waals surface area contributed by atoms with Crippen molar-refractivity contribution in [1.29, 1.82) is 0 Å². The number of fused-ring (bicyclic) bond motifs is 1. The number of carbonyl (C=O) groups is 1. The molecule has 0 atom stereocenters. The monoisotopic (exact) mass is 194 g/mol. The number of rotatable bonds is 2. The molecule has 0 aliphatic rings. The fourth-order valence-electron chi connectivity index (χ4n) is 1.20. The molecule has 0 spiro atoms. The largest absolute Gasteiger partial charge is 0.305 e. The van der Waals surface area contributed by atoms with E-state index >= 15 is 0 Å². The van der Waals surface area contributed by atoms with Gasteiger partial charge < -0.3 is 9.20 Å². The molecule has 0 fully saturated rings. The molecule has 3 nitrogen and oxygen atoms in total. The number of nitrogens with zero attached hydrogens (tertiary/aromatic N) is 2. The second-order valence-corrected chi connectivity index (χ2v) is 3.15. The zero-order chi connectivity index (χ0) is 9.26. The summed E-state index contributed by atoms with van der Waals surface area (Å²) in [7, 11) is 0. The first-order valence-corrected chi connectivity index (χ1v) is 4.24. The molecule has 2 aromatic heterocycles. The predicted molar refractivity (Wildman–Crippen MR) is 50.0 cm³/mol. The van der Waals surface area contributed by atoms with Crippen molar-refractivity contribution in [3.8, 4) is 0 Å². The Morgan fingerprint density at radius 2 is 2.31 bits per heavy atom. The van der Waals surface area contributed by atoms with E-state index in [0.717, 1.165) is 17.6 Å². The molecule has 0 aromatic carbocycles. The third-order valence-corrected chi connectivity index (χ3v) is 1.98. The van der Waals surface area contributed by atoms with Gasteiger partial charge in [0.1, 0.15) is 11.9 Å². The second-order valence-electron chi connectivity index (χ2n) is 2.72. The van der Waals surface area contributed by atoms with E-state index in [1.54, 1.807) is 22.9 Å². The third-order valence-electron chi connectivity index (χ3n) is 1.76. The fourth-order valence-corrected chi connectivity index (χ4v) is 1.37. The highest BCUT2D eigenvalue weighted by Gasteiger charge is 2.00. The number of carbonyl (C=O) groups excluding carboxylic acids is 1. The lowest BCUT2D eigenvalue weighted by Gasteiger charge is -1.91. The number of halogens is 1. The van der Waals surface area contributed by atoms with Crippen LogP contribution >= 0.6 is 11.6 Å². The van der Waals surface area contributed by atoms with Crippen LogP contribution in [-0.2, 0) is 11.2 Å². The van der Waals surface area contributed by atoms with Crippen LogP contribution in [0.4, 0.5) is 0 Å². The lowest BCUT2D eigenvalue weighted by molar-refractivity contribution is -0.107. The normalized spacial score (nSPS) is 10.5. The minimum Gasteiger partial charge on any atom is -0.305 e. The summed E-state index contributed by atoms with van der Waals surface area (Å²) < 4.78 is 1.81. The number of aldehydes is 1. The average molecular weight is 195 g/mol. The van der Waals surface area contributed by atoms with Crippen LogP contribution in [0, 0.1) is 0 Å². The summed E-state index contributed by atoms with van der Waals surface area (Å²) >= 11 is 5.79. The van der Waals surface area contributed by atoms with E-state index in [4.69, 9.17) is 11.6 Å². The Morgan fingerprint density at radius 1 is 1.46 bits per heavy atom. The molecule has 13 heavy (non-hydrogen) atoms. The molecule has 0 amide bonds. The molecule has 2 rings (SSSR count). The Bertz CT molecular complexity index is 450. The minimum atomic E-state index is 0.347. The SMILES string of the molecule is O=CCc1cn2cc(Cl)ccc2n1. The van der Waals surface area contributed by atoms with Crippen molar-refractivity contribution in [3.63, 3.8) is 0 Å². The van der Waals surface area contributed by atoms with Gasteiger partial charge in [-0.3, -0.25) is 0 Å². The summed E-state index contributed by atoms with van der Waals surface area (Å²) in [6.07, 6.45) is 4.75. The molecule has 0 saturated carbocycles. The Labute approximate surface area is 80.0 Å². The first kappa shape index (κ1) is 8.26. The van der Waals surface area contributed by atoms with Crippen molar-refractivity contribution < 1.29 is 4.79 Å². The Hall–Kier alpha value is -1.35. The van der Waals surface area contributed by atoms with Crippen molar-refractivity contribution in [2.24, 2.45) is 0 Å². The maximum atomic E-state index is 10.2. The van der Waals surface area contributed by atoms with Gasteiger partial charge in [-0.15, -0.1) is 0 Å². The third kappa shape index (κ3) is 1.55. The standard InChI is InChI=1S/C9H7ClN2O/c10-7-1-2-9-11-8(3-4-13)6-12(9)5-7/h1-2,4-6H,3H2. The van der Waals surface area contributed by atoms with Crippen LogP contribution in [0.5, 0.6) is 0 Å². The van der Waals surface area contributed by atoms with E-state index in [-0.39, 0.29) is 0 Å². The van der Waals surface area contributed by atoms with Crippen molar-refractivity contribution in [2.75, 3.05) is 0 Å². The van der Waals surface area contributed by atoms with E-state index in [1.165, 1.54) is 0 Å². The maximum absolute atomic E-state index is 10.2. The Morgan fingerprint density at radius 3 is 3.08 bits per heavy atom. The van der Waals surface area contributed by atoms with Gasteiger partial charge in [0.15, 0.2) is 0 Å². The topological polar surface area (TPSA) is 34.4 Å². The van der Waals surface area contributed by atoms with E-state index in [9.17, 15) is 4.79 Å². The van der Waals surface area contributed by atoms with Crippen molar-refractivity contribution in [3.05, 3.63) is 35.2 Å². The zero-order valence-electron chi connectivity index (χ0n) is 6.77. The van der Waals surface area contributed by atoms with Crippen LogP contribution in [0.3, 0.4) is 0 Å². The van der Waals surface area contributed by atoms with Crippen LogP contribution in [0.15, 0.2) is 24.5 Å². The van der Waals surface area contributed by atoms with Crippen LogP contribution in [0.2, 0.25) is 5.02 Å². The first-order valence-electron chi connectivity index (χ1n) is 3.86. The average Bonchev–Trinajstić information content (AvgIpc) is 2.46.